The van der Waals surface area contributed by atoms with Crippen LogP contribution in [0.3, 0.4) is 0 Å². The molecule has 0 aliphatic heterocycles. The van der Waals surface area contributed by atoms with Crippen molar-refractivity contribution in [2.75, 3.05) is 0 Å². The van der Waals surface area contributed by atoms with E-state index < -0.39 is 0 Å². The molecule has 3 aliphatic carbocycles. The monoisotopic (exact) mass is 530 g/mol. The Morgan fingerprint density at radius 3 is 1.51 bits per heavy atom. The summed E-state index contributed by atoms with van der Waals surface area (Å²) in [6, 6.07) is 0. The van der Waals surface area contributed by atoms with Gasteiger partial charge in [0, 0.05) is 22.3 Å². The Labute approximate surface area is 239 Å². The number of Topliss-reactive ketones (excluding diaryl/α,β-unsaturated/α-hetero) is 2. The third kappa shape index (κ3) is 6.93. The second-order valence-corrected chi connectivity index (χ2v) is 15.6. The number of rotatable bonds is 7. The van der Waals surface area contributed by atoms with Crippen molar-refractivity contribution in [2.24, 2.45) is 21.7 Å². The Balaban J connectivity index is 1.75. The van der Waals surface area contributed by atoms with Crippen LogP contribution in [-0.2, 0) is 9.59 Å². The standard InChI is InChI=1S/C37H54O2/c1-24(34(3,4)5)14-13-20-36(9,10)26-15-17-28-30(22-26)33(39)31-23-27(16-18-29(31)32(28)38)37(11,12)21-19-25(2)35(6,7)8/h14-16,19H,13,17-18,20-23H2,1-12H3/b24-14+,25-19+. The first kappa shape index (κ1) is 31.3. The topological polar surface area (TPSA) is 34.1 Å². The van der Waals surface area contributed by atoms with Gasteiger partial charge < -0.3 is 0 Å². The second-order valence-electron chi connectivity index (χ2n) is 15.6. The summed E-state index contributed by atoms with van der Waals surface area (Å²) >= 11 is 0. The molecule has 0 N–H and O–H groups in total. The highest BCUT2D eigenvalue weighted by molar-refractivity contribution is 6.26. The normalized spacial score (nSPS) is 20.2. The van der Waals surface area contributed by atoms with Gasteiger partial charge in [-0.15, -0.1) is 0 Å². The van der Waals surface area contributed by atoms with E-state index in [1.54, 1.807) is 0 Å². The molecule has 0 spiro atoms. The SMILES string of the molecule is C/C(=C\CCC(C)(C)C1=CCC2=C(C1)C(=O)C1=C(CC=C(C(C)(C)C/C=C(\C)C(C)(C)C)C1)C2=O)C(C)(C)C. The third-order valence-electron chi connectivity index (χ3n) is 9.91. The Morgan fingerprint density at radius 2 is 1.05 bits per heavy atom. The molecule has 2 heteroatoms. The molecule has 0 fully saturated rings. The summed E-state index contributed by atoms with van der Waals surface area (Å²) in [6.45, 7) is 27.1. The van der Waals surface area contributed by atoms with Crippen molar-refractivity contribution in [1.29, 1.82) is 0 Å². The van der Waals surface area contributed by atoms with Gasteiger partial charge in [-0.3, -0.25) is 9.59 Å². The Bertz CT molecular complexity index is 1220. The van der Waals surface area contributed by atoms with Gasteiger partial charge in [0.25, 0.3) is 0 Å². The summed E-state index contributed by atoms with van der Waals surface area (Å²) in [5.41, 5.74) is 8.72. The van der Waals surface area contributed by atoms with Crippen molar-refractivity contribution in [3.8, 4) is 0 Å². The summed E-state index contributed by atoms with van der Waals surface area (Å²) in [5, 5.41) is 0. The van der Waals surface area contributed by atoms with E-state index >= 15 is 0 Å². The lowest BCUT2D eigenvalue weighted by molar-refractivity contribution is -0.117. The summed E-state index contributed by atoms with van der Waals surface area (Å²) in [6.07, 6.45) is 14.6. The molecule has 3 rings (SSSR count). The van der Waals surface area contributed by atoms with E-state index in [2.05, 4.69) is 107 Å². The zero-order valence-electron chi connectivity index (χ0n) is 27.1. The molecule has 0 saturated carbocycles. The lowest BCUT2D eigenvalue weighted by atomic mass is 9.66. The van der Waals surface area contributed by atoms with Crippen LogP contribution in [0.5, 0.6) is 0 Å². The van der Waals surface area contributed by atoms with E-state index in [0.29, 0.717) is 25.7 Å². The molecule has 0 aromatic heterocycles. The third-order valence-corrected chi connectivity index (χ3v) is 9.91. The molecule has 0 aromatic rings. The summed E-state index contributed by atoms with van der Waals surface area (Å²) < 4.78 is 0. The molecule has 0 amide bonds. The molecular weight excluding hydrogens is 476 g/mol. The van der Waals surface area contributed by atoms with E-state index in [1.807, 2.05) is 0 Å². The average Bonchev–Trinajstić information content (AvgIpc) is 2.83. The van der Waals surface area contributed by atoms with Crippen LogP contribution in [0, 0.1) is 21.7 Å². The smallest absolute Gasteiger partial charge is 0.186 e. The highest BCUT2D eigenvalue weighted by Gasteiger charge is 2.40. The van der Waals surface area contributed by atoms with Crippen LogP contribution >= 0.6 is 0 Å². The Hall–Kier alpha value is -2.22. The van der Waals surface area contributed by atoms with E-state index in [9.17, 15) is 9.59 Å². The fourth-order valence-electron chi connectivity index (χ4n) is 5.69. The zero-order chi connectivity index (χ0) is 29.6. The van der Waals surface area contributed by atoms with Gasteiger partial charge in [0.2, 0.25) is 0 Å². The minimum atomic E-state index is -0.0542. The molecule has 0 heterocycles. The largest absolute Gasteiger partial charge is 0.289 e. The molecular formula is C37H54O2. The fraction of sp³-hybridized carbons (Fsp3) is 0.622. The number of allylic oxidation sites excluding steroid dienone is 12. The molecule has 0 atom stereocenters. The predicted octanol–water partition coefficient (Wildman–Crippen LogP) is 10.4. The van der Waals surface area contributed by atoms with Crippen molar-refractivity contribution in [3.05, 3.63) is 68.9 Å². The van der Waals surface area contributed by atoms with E-state index in [1.165, 1.54) is 22.3 Å². The molecule has 2 nitrogen and oxygen atoms in total. The molecule has 0 bridgehead atoms. The maximum Gasteiger partial charge on any atom is 0.186 e. The minimum Gasteiger partial charge on any atom is -0.289 e. The van der Waals surface area contributed by atoms with Gasteiger partial charge in [-0.25, -0.2) is 0 Å². The van der Waals surface area contributed by atoms with Crippen LogP contribution in [0.4, 0.5) is 0 Å². The second kappa shape index (κ2) is 11.0. The van der Waals surface area contributed by atoms with Crippen molar-refractivity contribution in [1.82, 2.24) is 0 Å². The van der Waals surface area contributed by atoms with Crippen molar-refractivity contribution >= 4 is 11.6 Å². The molecule has 0 aromatic carbocycles. The minimum absolute atomic E-state index is 0.0119. The molecule has 214 valence electrons. The van der Waals surface area contributed by atoms with E-state index in [0.717, 1.165) is 41.6 Å². The summed E-state index contributed by atoms with van der Waals surface area (Å²) in [4.78, 5) is 27.5. The van der Waals surface area contributed by atoms with Crippen molar-refractivity contribution in [2.45, 2.75) is 128 Å². The lowest BCUT2D eigenvalue weighted by Gasteiger charge is -2.36. The number of hydrogen-bond acceptors (Lipinski definition) is 2. The van der Waals surface area contributed by atoms with Crippen LogP contribution in [0.25, 0.3) is 0 Å². The number of carbonyl (C=O) groups is 2. The molecule has 0 unspecified atom stereocenters. The van der Waals surface area contributed by atoms with Crippen LogP contribution in [0.15, 0.2) is 68.9 Å². The lowest BCUT2D eigenvalue weighted by Crippen LogP contribution is -2.31. The first-order valence-electron chi connectivity index (χ1n) is 15.0. The average molecular weight is 531 g/mol. The van der Waals surface area contributed by atoms with Gasteiger partial charge >= 0.3 is 0 Å². The van der Waals surface area contributed by atoms with Gasteiger partial charge in [-0.2, -0.15) is 0 Å². The molecule has 0 radical (unpaired) electrons. The van der Waals surface area contributed by atoms with E-state index in [-0.39, 0.29) is 33.2 Å². The van der Waals surface area contributed by atoms with Crippen molar-refractivity contribution in [3.63, 3.8) is 0 Å². The highest BCUT2D eigenvalue weighted by atomic mass is 16.1. The maximum atomic E-state index is 14.0. The highest BCUT2D eigenvalue weighted by Crippen LogP contribution is 2.47. The summed E-state index contributed by atoms with van der Waals surface area (Å²) in [5.74, 6) is 0.250. The summed E-state index contributed by atoms with van der Waals surface area (Å²) in [7, 11) is 0. The van der Waals surface area contributed by atoms with Crippen LogP contribution in [0.1, 0.15) is 128 Å². The zero-order valence-corrected chi connectivity index (χ0v) is 27.1. The van der Waals surface area contributed by atoms with Crippen LogP contribution < -0.4 is 0 Å². The van der Waals surface area contributed by atoms with E-state index in [4.69, 9.17) is 0 Å². The molecule has 0 saturated heterocycles. The quantitative estimate of drug-likeness (QED) is 0.242. The van der Waals surface area contributed by atoms with Crippen LogP contribution in [-0.4, -0.2) is 11.6 Å². The number of ketones is 2. The number of carbonyl (C=O) groups excluding carboxylic acids is 2. The Kier molecular flexibility index (Phi) is 8.82. The molecule has 3 aliphatic rings. The fourth-order valence-corrected chi connectivity index (χ4v) is 5.69. The first-order chi connectivity index (χ1) is 17.8. The van der Waals surface area contributed by atoms with Crippen LogP contribution in [0.2, 0.25) is 0 Å². The van der Waals surface area contributed by atoms with Crippen molar-refractivity contribution < 1.29 is 9.59 Å². The maximum absolute atomic E-state index is 14.0. The Morgan fingerprint density at radius 1 is 0.641 bits per heavy atom. The molecule has 39 heavy (non-hydrogen) atoms. The van der Waals surface area contributed by atoms with Gasteiger partial charge in [-0.05, 0) is 80.5 Å². The van der Waals surface area contributed by atoms with Gasteiger partial charge in [0.15, 0.2) is 11.6 Å². The van der Waals surface area contributed by atoms with Gasteiger partial charge in [0.1, 0.15) is 0 Å². The predicted molar refractivity (Wildman–Crippen MR) is 167 cm³/mol. The van der Waals surface area contributed by atoms with Gasteiger partial charge in [-0.1, -0.05) is 116 Å². The first-order valence-corrected chi connectivity index (χ1v) is 15.0. The van der Waals surface area contributed by atoms with Gasteiger partial charge in [0.05, 0.1) is 0 Å². The number of hydrogen-bond donors (Lipinski definition) is 0.